The van der Waals surface area contributed by atoms with Crippen molar-refractivity contribution in [3.63, 3.8) is 0 Å². The molecule has 1 aromatic carbocycles. The van der Waals surface area contributed by atoms with Gasteiger partial charge in [0.05, 0.1) is 28.7 Å². The van der Waals surface area contributed by atoms with Gasteiger partial charge in [-0.15, -0.1) is 0 Å². The Hall–Kier alpha value is -0.910. The van der Waals surface area contributed by atoms with Gasteiger partial charge in [0.2, 0.25) is 0 Å². The van der Waals surface area contributed by atoms with Crippen molar-refractivity contribution in [2.24, 2.45) is 0 Å². The number of ether oxygens (including phenoxy) is 1. The van der Waals surface area contributed by atoms with E-state index in [0.717, 1.165) is 25.0 Å². The average Bonchev–Trinajstić information content (AvgIpc) is 2.92. The summed E-state index contributed by atoms with van der Waals surface area (Å²) in [6.45, 7) is 1.48. The normalized spacial score (nSPS) is 19.8. The van der Waals surface area contributed by atoms with Gasteiger partial charge < -0.3 is 14.3 Å². The molecule has 1 aliphatic heterocycles. The van der Waals surface area contributed by atoms with Gasteiger partial charge in [-0.2, -0.15) is 0 Å². The van der Waals surface area contributed by atoms with Crippen molar-refractivity contribution in [1.29, 1.82) is 0 Å². The first-order valence-corrected chi connectivity index (χ1v) is 6.63. The van der Waals surface area contributed by atoms with Crippen LogP contribution in [0.25, 0.3) is 11.0 Å². The predicted molar refractivity (Wildman–Crippen MR) is 71.1 cm³/mol. The van der Waals surface area contributed by atoms with E-state index in [1.165, 1.54) is 6.07 Å². The number of aromatic nitrogens is 2. The Kier molecular flexibility index (Phi) is 3.13. The van der Waals surface area contributed by atoms with Crippen LogP contribution in [0.4, 0.5) is 4.39 Å². The second-order valence-electron chi connectivity index (χ2n) is 4.46. The first-order valence-electron chi connectivity index (χ1n) is 5.84. The van der Waals surface area contributed by atoms with Crippen LogP contribution in [0.5, 0.6) is 0 Å². The van der Waals surface area contributed by atoms with E-state index in [-0.39, 0.29) is 11.1 Å². The Morgan fingerprint density at radius 3 is 3.11 bits per heavy atom. The Balaban J connectivity index is 2.07. The molecule has 0 spiro atoms. The number of halogens is 2. The molecule has 1 aromatic heterocycles. The highest BCUT2D eigenvalue weighted by atomic mass is 35.5. The van der Waals surface area contributed by atoms with Crippen LogP contribution < -0.4 is 0 Å². The van der Waals surface area contributed by atoms with E-state index in [9.17, 15) is 4.39 Å². The molecule has 3 nitrogen and oxygen atoms in total. The minimum absolute atomic E-state index is 0.109. The molecule has 1 unspecified atom stereocenters. The van der Waals surface area contributed by atoms with Gasteiger partial charge in [-0.1, -0.05) is 11.6 Å². The highest BCUT2D eigenvalue weighted by molar-refractivity contribution is 7.71. The standard InChI is InChI=1S/C12H12ClFN2OS/c13-8-4-11-10(5-9(8)14)15-12(18)16(11)6-7-2-1-3-17-7/h4-5,7H,1-3,6H2,(H,15,18). The van der Waals surface area contributed by atoms with E-state index in [1.807, 2.05) is 4.57 Å². The summed E-state index contributed by atoms with van der Waals surface area (Å²) in [5.74, 6) is -0.440. The summed E-state index contributed by atoms with van der Waals surface area (Å²) in [6.07, 6.45) is 2.29. The summed E-state index contributed by atoms with van der Waals surface area (Å²) >= 11 is 11.1. The second-order valence-corrected chi connectivity index (χ2v) is 5.25. The quantitative estimate of drug-likeness (QED) is 0.854. The molecule has 0 saturated carbocycles. The number of aromatic amines is 1. The molecule has 1 saturated heterocycles. The van der Waals surface area contributed by atoms with Gasteiger partial charge in [-0.05, 0) is 31.1 Å². The largest absolute Gasteiger partial charge is 0.376 e. The Labute approximate surface area is 114 Å². The molecule has 3 rings (SSSR count). The van der Waals surface area contributed by atoms with Crippen LogP contribution in [-0.2, 0) is 11.3 Å². The summed E-state index contributed by atoms with van der Waals surface area (Å²) < 4.78 is 21.5. The van der Waals surface area contributed by atoms with E-state index in [0.29, 0.717) is 16.8 Å². The molecular formula is C12H12ClFN2OS. The molecule has 0 aliphatic carbocycles. The number of benzene rings is 1. The first-order chi connectivity index (χ1) is 8.65. The number of nitrogens with zero attached hydrogens (tertiary/aromatic N) is 1. The Morgan fingerprint density at radius 2 is 2.39 bits per heavy atom. The van der Waals surface area contributed by atoms with E-state index < -0.39 is 5.82 Å². The van der Waals surface area contributed by atoms with Crippen molar-refractivity contribution in [1.82, 2.24) is 9.55 Å². The topological polar surface area (TPSA) is 29.9 Å². The van der Waals surface area contributed by atoms with Crippen LogP contribution in [0.1, 0.15) is 12.8 Å². The molecule has 1 atom stereocenters. The molecule has 1 N–H and O–H groups in total. The lowest BCUT2D eigenvalue weighted by molar-refractivity contribution is 0.0976. The molecule has 0 bridgehead atoms. The average molecular weight is 287 g/mol. The molecule has 1 fully saturated rings. The van der Waals surface area contributed by atoms with E-state index >= 15 is 0 Å². The smallest absolute Gasteiger partial charge is 0.178 e. The van der Waals surface area contributed by atoms with Crippen molar-refractivity contribution in [2.75, 3.05) is 6.61 Å². The van der Waals surface area contributed by atoms with Crippen LogP contribution in [0.2, 0.25) is 5.02 Å². The Bertz CT molecular complexity index is 645. The maximum absolute atomic E-state index is 13.4. The van der Waals surface area contributed by atoms with Crippen LogP contribution in [0.3, 0.4) is 0 Å². The fourth-order valence-corrected chi connectivity index (χ4v) is 2.77. The predicted octanol–water partition coefficient (Wildman–Crippen LogP) is 3.67. The number of hydrogen-bond donors (Lipinski definition) is 1. The summed E-state index contributed by atoms with van der Waals surface area (Å²) in [5.41, 5.74) is 1.49. The van der Waals surface area contributed by atoms with Crippen LogP contribution in [0, 0.1) is 10.6 Å². The van der Waals surface area contributed by atoms with Crippen molar-refractivity contribution >= 4 is 34.9 Å². The fourth-order valence-electron chi connectivity index (χ4n) is 2.33. The Morgan fingerprint density at radius 1 is 1.56 bits per heavy atom. The van der Waals surface area contributed by atoms with Crippen molar-refractivity contribution < 1.29 is 9.13 Å². The van der Waals surface area contributed by atoms with Crippen molar-refractivity contribution in [3.05, 3.63) is 27.7 Å². The third kappa shape index (κ3) is 2.06. The number of fused-ring (bicyclic) bond motifs is 1. The summed E-state index contributed by atoms with van der Waals surface area (Å²) in [7, 11) is 0. The minimum atomic E-state index is -0.440. The number of hydrogen-bond acceptors (Lipinski definition) is 2. The second kappa shape index (κ2) is 4.64. The zero-order chi connectivity index (χ0) is 12.7. The lowest BCUT2D eigenvalue weighted by Crippen LogP contribution is -2.14. The fraction of sp³-hybridized carbons (Fsp3) is 0.417. The highest BCUT2D eigenvalue weighted by Gasteiger charge is 2.18. The third-order valence-corrected chi connectivity index (χ3v) is 3.84. The molecule has 2 heterocycles. The lowest BCUT2D eigenvalue weighted by Gasteiger charge is -2.11. The van der Waals surface area contributed by atoms with E-state index in [1.54, 1.807) is 6.07 Å². The van der Waals surface area contributed by atoms with Gasteiger partial charge in [-0.25, -0.2) is 4.39 Å². The van der Waals surface area contributed by atoms with Crippen LogP contribution in [0.15, 0.2) is 12.1 Å². The first kappa shape index (κ1) is 12.1. The van der Waals surface area contributed by atoms with Crippen molar-refractivity contribution in [2.45, 2.75) is 25.5 Å². The van der Waals surface area contributed by atoms with Gasteiger partial charge in [0.15, 0.2) is 4.77 Å². The van der Waals surface area contributed by atoms with E-state index in [2.05, 4.69) is 4.98 Å². The van der Waals surface area contributed by atoms with Gasteiger partial charge in [0, 0.05) is 12.7 Å². The number of nitrogens with one attached hydrogen (secondary N) is 1. The molecule has 0 amide bonds. The zero-order valence-corrected chi connectivity index (χ0v) is 11.2. The highest BCUT2D eigenvalue weighted by Crippen LogP contribution is 2.24. The number of rotatable bonds is 2. The summed E-state index contributed by atoms with van der Waals surface area (Å²) in [6, 6.07) is 2.98. The van der Waals surface area contributed by atoms with Gasteiger partial charge in [-0.3, -0.25) is 0 Å². The molecule has 1 aliphatic rings. The van der Waals surface area contributed by atoms with Crippen molar-refractivity contribution in [3.8, 4) is 0 Å². The third-order valence-electron chi connectivity index (χ3n) is 3.23. The number of imidazole rings is 1. The lowest BCUT2D eigenvalue weighted by atomic mass is 10.2. The molecule has 0 radical (unpaired) electrons. The maximum atomic E-state index is 13.4. The SMILES string of the molecule is Fc1cc2[nH]c(=S)n(CC3CCCO3)c2cc1Cl. The molecule has 18 heavy (non-hydrogen) atoms. The van der Waals surface area contributed by atoms with Gasteiger partial charge in [0.25, 0.3) is 0 Å². The molecule has 96 valence electrons. The molecular weight excluding hydrogens is 275 g/mol. The maximum Gasteiger partial charge on any atom is 0.178 e. The molecule has 2 aromatic rings. The minimum Gasteiger partial charge on any atom is -0.376 e. The van der Waals surface area contributed by atoms with E-state index in [4.69, 9.17) is 28.6 Å². The summed E-state index contributed by atoms with van der Waals surface area (Å²) in [4.78, 5) is 2.99. The number of H-pyrrole nitrogens is 1. The van der Waals surface area contributed by atoms with Crippen LogP contribution >= 0.6 is 23.8 Å². The summed E-state index contributed by atoms with van der Waals surface area (Å²) in [5, 5.41) is 0.109. The van der Waals surface area contributed by atoms with Crippen LogP contribution in [-0.4, -0.2) is 22.3 Å². The van der Waals surface area contributed by atoms with Gasteiger partial charge in [0.1, 0.15) is 5.82 Å². The van der Waals surface area contributed by atoms with Gasteiger partial charge >= 0.3 is 0 Å². The molecule has 6 heteroatoms. The monoisotopic (exact) mass is 286 g/mol. The zero-order valence-electron chi connectivity index (χ0n) is 9.58.